The number of amides is 1. The molecule has 0 saturated carbocycles. The van der Waals surface area contributed by atoms with Gasteiger partial charge in [-0.15, -0.1) is 0 Å². The van der Waals surface area contributed by atoms with Crippen LogP contribution in [0.25, 0.3) is 0 Å². The maximum atomic E-state index is 12.0. The summed E-state index contributed by atoms with van der Waals surface area (Å²) >= 11 is 0. The van der Waals surface area contributed by atoms with Crippen molar-refractivity contribution in [2.45, 2.75) is 32.0 Å². The fourth-order valence-corrected chi connectivity index (χ4v) is 2.09. The van der Waals surface area contributed by atoms with Crippen LogP contribution >= 0.6 is 0 Å². The van der Waals surface area contributed by atoms with Crippen LogP contribution in [0.2, 0.25) is 0 Å². The van der Waals surface area contributed by atoms with Gasteiger partial charge >= 0.3 is 0 Å². The zero-order valence-electron chi connectivity index (χ0n) is 11.9. The summed E-state index contributed by atoms with van der Waals surface area (Å²) in [6.07, 6.45) is 5.69. The molecule has 1 aromatic heterocycles. The molecular weight excluding hydrogens is 268 g/mol. The van der Waals surface area contributed by atoms with Gasteiger partial charge in [-0.25, -0.2) is 4.98 Å². The lowest BCUT2D eigenvalue weighted by Gasteiger charge is -2.18. The van der Waals surface area contributed by atoms with Crippen molar-refractivity contribution in [1.29, 1.82) is 0 Å². The van der Waals surface area contributed by atoms with E-state index in [1.165, 1.54) is 0 Å². The minimum atomic E-state index is -0.611. The van der Waals surface area contributed by atoms with Crippen LogP contribution in [0.5, 0.6) is 5.75 Å². The molecule has 112 valence electrons. The summed E-state index contributed by atoms with van der Waals surface area (Å²) in [7, 11) is 0. The van der Waals surface area contributed by atoms with E-state index in [0.29, 0.717) is 13.0 Å². The topological polar surface area (TPSA) is 93.2 Å². The first-order valence-electron chi connectivity index (χ1n) is 6.84. The van der Waals surface area contributed by atoms with Gasteiger partial charge < -0.3 is 20.7 Å². The molecule has 2 rings (SSSR count). The predicted octanol–water partition coefficient (Wildman–Crippen LogP) is 0.663. The summed E-state index contributed by atoms with van der Waals surface area (Å²) in [6, 6.07) is 6.05. The predicted molar refractivity (Wildman–Crippen MR) is 79.6 cm³/mol. The van der Waals surface area contributed by atoms with Crippen LogP contribution in [-0.4, -0.2) is 32.6 Å². The van der Waals surface area contributed by atoms with E-state index in [1.54, 1.807) is 36.8 Å². The first kappa shape index (κ1) is 15.1. The van der Waals surface area contributed by atoms with E-state index < -0.39 is 6.04 Å². The van der Waals surface area contributed by atoms with Crippen LogP contribution in [0, 0.1) is 0 Å². The van der Waals surface area contributed by atoms with E-state index in [2.05, 4.69) is 10.3 Å². The Bertz CT molecular complexity index is 566. The molecule has 0 saturated heterocycles. The third kappa shape index (κ3) is 4.61. The third-order valence-electron chi connectivity index (χ3n) is 3.16. The van der Waals surface area contributed by atoms with E-state index in [9.17, 15) is 9.90 Å². The molecule has 2 aromatic rings. The van der Waals surface area contributed by atoms with Gasteiger partial charge in [-0.1, -0.05) is 12.1 Å². The number of hydrogen-bond donors (Lipinski definition) is 3. The van der Waals surface area contributed by atoms with Gasteiger partial charge in [-0.2, -0.15) is 0 Å². The molecule has 0 bridgehead atoms. The number of nitrogens with one attached hydrogen (secondary N) is 1. The largest absolute Gasteiger partial charge is 0.508 e. The van der Waals surface area contributed by atoms with E-state index in [-0.39, 0.29) is 17.7 Å². The number of nitrogens with zero attached hydrogens (tertiary/aromatic N) is 2. The second-order valence-corrected chi connectivity index (χ2v) is 5.15. The summed E-state index contributed by atoms with van der Waals surface area (Å²) in [5.74, 6) is 0.0152. The molecule has 0 aliphatic heterocycles. The quantitative estimate of drug-likeness (QED) is 0.728. The minimum Gasteiger partial charge on any atom is -0.508 e. The van der Waals surface area contributed by atoms with Gasteiger partial charge in [0.15, 0.2) is 0 Å². The van der Waals surface area contributed by atoms with Gasteiger partial charge in [0.2, 0.25) is 5.91 Å². The van der Waals surface area contributed by atoms with Gasteiger partial charge in [0.05, 0.1) is 12.4 Å². The van der Waals surface area contributed by atoms with Crippen molar-refractivity contribution in [3.8, 4) is 5.75 Å². The average Bonchev–Trinajstić information content (AvgIpc) is 2.94. The van der Waals surface area contributed by atoms with Crippen molar-refractivity contribution in [3.63, 3.8) is 0 Å². The fraction of sp³-hybridized carbons (Fsp3) is 0.333. The normalized spacial score (nSPS) is 13.6. The highest BCUT2D eigenvalue weighted by molar-refractivity contribution is 5.82. The van der Waals surface area contributed by atoms with Crippen LogP contribution in [0.15, 0.2) is 43.0 Å². The van der Waals surface area contributed by atoms with Crippen LogP contribution in [0.4, 0.5) is 0 Å². The number of phenols is 1. The van der Waals surface area contributed by atoms with Gasteiger partial charge in [-0.3, -0.25) is 4.79 Å². The molecule has 6 heteroatoms. The number of carbonyl (C=O) groups excluding carboxylic acids is 1. The summed E-state index contributed by atoms with van der Waals surface area (Å²) in [5, 5.41) is 12.1. The number of rotatable bonds is 6. The second kappa shape index (κ2) is 6.90. The molecular formula is C15H20N4O2. The van der Waals surface area contributed by atoms with Crippen LogP contribution < -0.4 is 11.1 Å². The van der Waals surface area contributed by atoms with Crippen molar-refractivity contribution < 1.29 is 9.90 Å². The van der Waals surface area contributed by atoms with Crippen LogP contribution in [0.3, 0.4) is 0 Å². The first-order chi connectivity index (χ1) is 10.0. The summed E-state index contributed by atoms with van der Waals surface area (Å²) in [6.45, 7) is 2.57. The lowest BCUT2D eigenvalue weighted by Crippen LogP contribution is -2.46. The summed E-state index contributed by atoms with van der Waals surface area (Å²) in [5.41, 5.74) is 6.83. The molecule has 0 aliphatic carbocycles. The molecule has 1 heterocycles. The van der Waals surface area contributed by atoms with E-state index in [4.69, 9.17) is 5.73 Å². The Balaban J connectivity index is 1.83. The Kier molecular flexibility index (Phi) is 4.94. The van der Waals surface area contributed by atoms with Gasteiger partial charge in [-0.05, 0) is 31.0 Å². The number of benzene rings is 1. The maximum Gasteiger partial charge on any atom is 0.237 e. The van der Waals surface area contributed by atoms with Crippen molar-refractivity contribution in [3.05, 3.63) is 48.5 Å². The minimum absolute atomic E-state index is 0.0300. The highest BCUT2D eigenvalue weighted by Crippen LogP contribution is 2.10. The maximum absolute atomic E-state index is 12.0. The number of imidazole rings is 1. The molecule has 1 amide bonds. The van der Waals surface area contributed by atoms with E-state index in [1.807, 2.05) is 17.7 Å². The van der Waals surface area contributed by atoms with E-state index >= 15 is 0 Å². The molecule has 0 radical (unpaired) electrons. The van der Waals surface area contributed by atoms with Gasteiger partial charge in [0.25, 0.3) is 0 Å². The summed E-state index contributed by atoms with van der Waals surface area (Å²) < 4.78 is 1.90. The molecule has 1 aromatic carbocycles. The van der Waals surface area contributed by atoms with Gasteiger partial charge in [0.1, 0.15) is 5.75 Å². The SMILES string of the molecule is CC(Cn1ccnc1)NC(=O)[C@@H](N)Cc1ccc(O)cc1. The molecule has 6 nitrogen and oxygen atoms in total. The lowest BCUT2D eigenvalue weighted by molar-refractivity contribution is -0.123. The summed E-state index contributed by atoms with van der Waals surface area (Å²) in [4.78, 5) is 16.0. The van der Waals surface area contributed by atoms with Gasteiger partial charge in [0, 0.05) is 25.0 Å². The van der Waals surface area contributed by atoms with Crippen molar-refractivity contribution in [1.82, 2.24) is 14.9 Å². The zero-order valence-corrected chi connectivity index (χ0v) is 11.9. The Morgan fingerprint density at radius 1 is 1.43 bits per heavy atom. The highest BCUT2D eigenvalue weighted by atomic mass is 16.3. The number of hydrogen-bond acceptors (Lipinski definition) is 4. The lowest BCUT2D eigenvalue weighted by atomic mass is 10.1. The first-order valence-corrected chi connectivity index (χ1v) is 6.84. The van der Waals surface area contributed by atoms with Crippen molar-refractivity contribution in [2.24, 2.45) is 5.73 Å². The number of nitrogens with two attached hydrogens (primary N) is 1. The van der Waals surface area contributed by atoms with Crippen LogP contribution in [0.1, 0.15) is 12.5 Å². The van der Waals surface area contributed by atoms with Crippen LogP contribution in [-0.2, 0) is 17.8 Å². The van der Waals surface area contributed by atoms with E-state index in [0.717, 1.165) is 5.56 Å². The fourth-order valence-electron chi connectivity index (χ4n) is 2.09. The standard InChI is InChI=1S/C15H20N4O2/c1-11(9-19-7-6-17-10-19)18-15(21)14(16)8-12-2-4-13(20)5-3-12/h2-7,10-11,14,20H,8-9,16H2,1H3,(H,18,21)/t11?,14-/m0/s1. The number of aromatic nitrogens is 2. The number of carbonyl (C=O) groups is 1. The Labute approximate surface area is 123 Å². The average molecular weight is 288 g/mol. The zero-order chi connectivity index (χ0) is 15.2. The number of phenolic OH excluding ortho intramolecular Hbond substituents is 1. The van der Waals surface area contributed by atoms with Crippen molar-refractivity contribution in [2.75, 3.05) is 0 Å². The molecule has 0 aliphatic rings. The molecule has 4 N–H and O–H groups in total. The molecule has 0 fully saturated rings. The molecule has 21 heavy (non-hydrogen) atoms. The monoisotopic (exact) mass is 288 g/mol. The Hall–Kier alpha value is -2.34. The Morgan fingerprint density at radius 3 is 2.76 bits per heavy atom. The second-order valence-electron chi connectivity index (χ2n) is 5.15. The Morgan fingerprint density at radius 2 is 2.14 bits per heavy atom. The third-order valence-corrected chi connectivity index (χ3v) is 3.16. The highest BCUT2D eigenvalue weighted by Gasteiger charge is 2.16. The smallest absolute Gasteiger partial charge is 0.237 e. The molecule has 2 atom stereocenters. The number of aromatic hydroxyl groups is 1. The molecule has 0 spiro atoms. The molecule has 1 unspecified atom stereocenters. The van der Waals surface area contributed by atoms with Crippen molar-refractivity contribution >= 4 is 5.91 Å².